The summed E-state index contributed by atoms with van der Waals surface area (Å²) in [5.74, 6) is -0.469. The van der Waals surface area contributed by atoms with Crippen LogP contribution in [0.25, 0.3) is 0 Å². The van der Waals surface area contributed by atoms with Crippen molar-refractivity contribution in [1.29, 1.82) is 0 Å². The van der Waals surface area contributed by atoms with Gasteiger partial charge in [0.15, 0.2) is 17.9 Å². The minimum Gasteiger partial charge on any atom is -0.494 e. The molecule has 3 aliphatic rings. The molecule has 162 valence electrons. The highest BCUT2D eigenvalue weighted by atomic mass is 16.8. The van der Waals surface area contributed by atoms with Gasteiger partial charge in [-0.15, -0.1) is 0 Å². The molecule has 1 aromatic rings. The SMILES string of the molecule is CCCOc1ccc(CO[C@@H]2[C@H]([C@@H]3COC(C)(C)O3)O[C@@H]3OC(C)(C)O[C@@H]32)cc1. The fraction of sp³-hybridized carbons (Fsp3) is 0.727. The average molecular weight is 408 g/mol. The summed E-state index contributed by atoms with van der Waals surface area (Å²) in [5, 5.41) is 0. The summed E-state index contributed by atoms with van der Waals surface area (Å²) < 4.78 is 41.9. The van der Waals surface area contributed by atoms with E-state index in [9.17, 15) is 0 Å². The molecule has 3 saturated heterocycles. The summed E-state index contributed by atoms with van der Waals surface area (Å²) >= 11 is 0. The van der Waals surface area contributed by atoms with Gasteiger partial charge in [-0.3, -0.25) is 0 Å². The molecule has 0 spiro atoms. The lowest BCUT2D eigenvalue weighted by molar-refractivity contribution is -0.236. The number of fused-ring (bicyclic) bond motifs is 1. The fourth-order valence-corrected chi connectivity index (χ4v) is 3.96. The number of hydrogen-bond donors (Lipinski definition) is 0. The molecule has 3 fully saturated rings. The van der Waals surface area contributed by atoms with Gasteiger partial charge in [0.25, 0.3) is 0 Å². The van der Waals surface area contributed by atoms with Gasteiger partial charge >= 0.3 is 0 Å². The summed E-state index contributed by atoms with van der Waals surface area (Å²) in [6.45, 7) is 11.3. The maximum absolute atomic E-state index is 6.30. The van der Waals surface area contributed by atoms with Crippen molar-refractivity contribution >= 4 is 0 Å². The molecule has 0 bridgehead atoms. The van der Waals surface area contributed by atoms with Crippen LogP contribution in [0, 0.1) is 0 Å². The quantitative estimate of drug-likeness (QED) is 0.685. The number of hydrogen-bond acceptors (Lipinski definition) is 7. The maximum Gasteiger partial charge on any atom is 0.190 e. The van der Waals surface area contributed by atoms with Crippen molar-refractivity contribution in [2.45, 2.75) is 89.9 Å². The van der Waals surface area contributed by atoms with E-state index >= 15 is 0 Å². The first-order valence-corrected chi connectivity index (χ1v) is 10.4. The van der Waals surface area contributed by atoms with Crippen LogP contribution in [0.1, 0.15) is 46.6 Å². The Kier molecular flexibility index (Phi) is 5.90. The molecule has 7 heteroatoms. The molecule has 29 heavy (non-hydrogen) atoms. The van der Waals surface area contributed by atoms with Crippen LogP contribution < -0.4 is 4.74 Å². The van der Waals surface area contributed by atoms with E-state index in [0.717, 1.165) is 17.7 Å². The zero-order valence-electron chi connectivity index (χ0n) is 17.9. The van der Waals surface area contributed by atoms with Crippen molar-refractivity contribution in [2.24, 2.45) is 0 Å². The molecule has 0 aliphatic carbocycles. The van der Waals surface area contributed by atoms with Gasteiger partial charge in [-0.25, -0.2) is 0 Å². The Bertz CT molecular complexity index is 687. The summed E-state index contributed by atoms with van der Waals surface area (Å²) in [6.07, 6.45) is -0.679. The first kappa shape index (κ1) is 21.0. The summed E-state index contributed by atoms with van der Waals surface area (Å²) in [6, 6.07) is 7.96. The van der Waals surface area contributed by atoms with E-state index in [1.807, 2.05) is 52.0 Å². The smallest absolute Gasteiger partial charge is 0.190 e. The molecule has 7 nitrogen and oxygen atoms in total. The molecule has 1 aromatic carbocycles. The Labute approximate surface area is 172 Å². The van der Waals surface area contributed by atoms with E-state index < -0.39 is 17.9 Å². The third kappa shape index (κ3) is 4.76. The van der Waals surface area contributed by atoms with E-state index in [0.29, 0.717) is 19.8 Å². The monoisotopic (exact) mass is 408 g/mol. The first-order chi connectivity index (χ1) is 13.8. The minimum absolute atomic E-state index is 0.235. The van der Waals surface area contributed by atoms with E-state index in [2.05, 4.69) is 6.92 Å². The largest absolute Gasteiger partial charge is 0.494 e. The Morgan fingerprint density at radius 3 is 2.38 bits per heavy atom. The fourth-order valence-electron chi connectivity index (χ4n) is 3.96. The third-order valence-corrected chi connectivity index (χ3v) is 5.26. The molecular formula is C22H32O7. The summed E-state index contributed by atoms with van der Waals surface area (Å²) in [7, 11) is 0. The van der Waals surface area contributed by atoms with Crippen LogP contribution >= 0.6 is 0 Å². The summed E-state index contributed by atoms with van der Waals surface area (Å²) in [4.78, 5) is 0. The molecule has 0 radical (unpaired) electrons. The molecule has 0 unspecified atom stereocenters. The first-order valence-electron chi connectivity index (χ1n) is 10.4. The Morgan fingerprint density at radius 1 is 0.966 bits per heavy atom. The van der Waals surface area contributed by atoms with Gasteiger partial charge in [0.05, 0.1) is 19.8 Å². The molecule has 0 aromatic heterocycles. The van der Waals surface area contributed by atoms with Crippen molar-refractivity contribution in [3.05, 3.63) is 29.8 Å². The molecule has 0 amide bonds. The molecule has 5 atom stereocenters. The second-order valence-corrected chi connectivity index (χ2v) is 8.70. The molecule has 0 N–H and O–H groups in total. The normalized spacial score (nSPS) is 35.0. The molecule has 0 saturated carbocycles. The Morgan fingerprint density at radius 2 is 1.72 bits per heavy atom. The molecule has 3 heterocycles. The van der Waals surface area contributed by atoms with E-state index in [-0.39, 0.29) is 24.4 Å². The molecule has 3 aliphatic heterocycles. The second kappa shape index (κ2) is 8.13. The van der Waals surface area contributed by atoms with Gasteiger partial charge in [0, 0.05) is 0 Å². The van der Waals surface area contributed by atoms with Crippen LogP contribution in [0.5, 0.6) is 5.75 Å². The number of rotatable bonds is 7. The molecular weight excluding hydrogens is 376 g/mol. The summed E-state index contributed by atoms with van der Waals surface area (Å²) in [5.41, 5.74) is 1.05. The highest BCUT2D eigenvalue weighted by Gasteiger charge is 2.58. The van der Waals surface area contributed by atoms with Crippen molar-refractivity contribution in [1.82, 2.24) is 0 Å². The predicted octanol–water partition coefficient (Wildman–Crippen LogP) is 3.39. The van der Waals surface area contributed by atoms with Gasteiger partial charge in [0.1, 0.15) is 30.2 Å². The second-order valence-electron chi connectivity index (χ2n) is 8.70. The predicted molar refractivity (Wildman–Crippen MR) is 104 cm³/mol. The van der Waals surface area contributed by atoms with Gasteiger partial charge in [0.2, 0.25) is 0 Å². The lowest BCUT2D eigenvalue weighted by atomic mass is 10.1. The Balaban J connectivity index is 1.43. The van der Waals surface area contributed by atoms with Crippen LogP contribution in [-0.4, -0.2) is 55.5 Å². The zero-order valence-corrected chi connectivity index (χ0v) is 17.9. The van der Waals surface area contributed by atoms with E-state index in [1.165, 1.54) is 0 Å². The van der Waals surface area contributed by atoms with E-state index in [4.69, 9.17) is 33.2 Å². The van der Waals surface area contributed by atoms with Crippen molar-refractivity contribution in [3.63, 3.8) is 0 Å². The topological polar surface area (TPSA) is 64.6 Å². The molecule has 4 rings (SSSR count). The van der Waals surface area contributed by atoms with Crippen molar-refractivity contribution < 1.29 is 33.2 Å². The minimum atomic E-state index is -0.702. The Hall–Kier alpha value is -1.22. The van der Waals surface area contributed by atoms with Crippen molar-refractivity contribution in [2.75, 3.05) is 13.2 Å². The highest BCUT2D eigenvalue weighted by Crippen LogP contribution is 2.42. The lowest BCUT2D eigenvalue weighted by Gasteiger charge is -2.29. The van der Waals surface area contributed by atoms with Crippen molar-refractivity contribution in [3.8, 4) is 5.75 Å². The zero-order chi connectivity index (χ0) is 20.6. The van der Waals surface area contributed by atoms with Gasteiger partial charge < -0.3 is 33.2 Å². The lowest BCUT2D eigenvalue weighted by Crippen LogP contribution is -2.44. The van der Waals surface area contributed by atoms with Gasteiger partial charge in [-0.1, -0.05) is 19.1 Å². The van der Waals surface area contributed by atoms with Crippen LogP contribution in [0.2, 0.25) is 0 Å². The number of benzene rings is 1. The van der Waals surface area contributed by atoms with E-state index in [1.54, 1.807) is 0 Å². The van der Waals surface area contributed by atoms with Crippen LogP contribution in [0.3, 0.4) is 0 Å². The number of ether oxygens (including phenoxy) is 7. The highest BCUT2D eigenvalue weighted by molar-refractivity contribution is 5.26. The van der Waals surface area contributed by atoms with Crippen LogP contribution in [0.15, 0.2) is 24.3 Å². The third-order valence-electron chi connectivity index (χ3n) is 5.26. The standard InChI is InChI=1S/C22H32O7/c1-6-11-23-15-9-7-14(8-10-15)12-24-18-17(16-13-25-21(2,3)27-16)26-20-19(18)28-22(4,5)29-20/h7-10,16-20H,6,11-13H2,1-5H3/t16-,17-,18+,19+,20+/m0/s1. The van der Waals surface area contributed by atoms with Crippen LogP contribution in [-0.2, 0) is 35.0 Å². The van der Waals surface area contributed by atoms with Gasteiger partial charge in [-0.05, 0) is 51.8 Å². The van der Waals surface area contributed by atoms with Gasteiger partial charge in [-0.2, -0.15) is 0 Å². The van der Waals surface area contributed by atoms with Crippen LogP contribution in [0.4, 0.5) is 0 Å². The maximum atomic E-state index is 6.30. The average Bonchev–Trinajstić information content (AvgIpc) is 3.28.